The first-order valence-electron chi connectivity index (χ1n) is 23.2. The third kappa shape index (κ3) is 16.5. The van der Waals surface area contributed by atoms with Gasteiger partial charge in [-0.25, -0.2) is 26.3 Å². The molecule has 0 bridgehead atoms. The summed E-state index contributed by atoms with van der Waals surface area (Å²) in [5, 5.41) is 16.6. The molecule has 0 spiro atoms. The molecule has 8 N–H and O–H groups in total. The Hall–Kier alpha value is -5.40. The highest BCUT2D eigenvalue weighted by atomic mass is 35.5. The molecule has 2 atom stereocenters. The number of hydrogen-bond donors (Lipinski definition) is 8. The van der Waals surface area contributed by atoms with Crippen LogP contribution in [0.3, 0.4) is 0 Å². The van der Waals surface area contributed by atoms with Crippen LogP contribution in [0.1, 0.15) is 58.1 Å². The van der Waals surface area contributed by atoms with Crippen molar-refractivity contribution in [3.8, 4) is 0 Å². The van der Waals surface area contributed by atoms with Crippen LogP contribution in [0.4, 0.5) is 0 Å². The molecule has 26 heteroatoms. The number of carbonyl (C=O) groups is 6. The first-order valence-corrected chi connectivity index (χ1v) is 27.7. The van der Waals surface area contributed by atoms with Gasteiger partial charge in [0.1, 0.15) is 0 Å². The van der Waals surface area contributed by atoms with E-state index in [1.807, 2.05) is 26.2 Å². The van der Waals surface area contributed by atoms with Gasteiger partial charge >= 0.3 is 0 Å². The number of unbranched alkanes of at least 4 members (excludes halogenated alkanes) is 1. The van der Waals surface area contributed by atoms with Crippen LogP contribution in [0, 0.1) is 0 Å². The zero-order valence-electron chi connectivity index (χ0n) is 40.3. The average molecular weight is 1140 g/mol. The Morgan fingerprint density at radius 2 is 0.784 bits per heavy atom. The van der Waals surface area contributed by atoms with Crippen molar-refractivity contribution < 1.29 is 45.6 Å². The molecule has 0 saturated carbocycles. The Kier molecular flexibility index (Phi) is 20.6. The van der Waals surface area contributed by atoms with Crippen molar-refractivity contribution in [2.24, 2.45) is 0 Å². The van der Waals surface area contributed by atoms with Crippen molar-refractivity contribution >= 4 is 102 Å². The summed E-state index contributed by atoms with van der Waals surface area (Å²) >= 11 is 25.5. The average Bonchev–Trinajstić information content (AvgIpc) is 3.36. The minimum Gasteiger partial charge on any atom is -0.355 e. The van der Waals surface area contributed by atoms with E-state index in [0.717, 1.165) is 33.4 Å². The highest BCUT2D eigenvalue weighted by molar-refractivity contribution is 7.89. The predicted octanol–water partition coefficient (Wildman–Crippen LogP) is 2.19. The van der Waals surface area contributed by atoms with Crippen molar-refractivity contribution in [3.63, 3.8) is 0 Å². The van der Waals surface area contributed by atoms with Crippen molar-refractivity contribution in [1.82, 2.24) is 51.1 Å². The number of fused-ring (bicyclic) bond motifs is 2. The molecule has 6 amide bonds. The van der Waals surface area contributed by atoms with Crippen LogP contribution in [-0.2, 0) is 61.9 Å². The van der Waals surface area contributed by atoms with Crippen LogP contribution in [-0.4, -0.2) is 142 Å². The fourth-order valence-corrected chi connectivity index (χ4v) is 11.4. The molecule has 0 saturated heterocycles. The summed E-state index contributed by atoms with van der Waals surface area (Å²) in [7, 11) is -4.23. The van der Waals surface area contributed by atoms with Crippen molar-refractivity contribution in [2.75, 3.05) is 79.5 Å². The second kappa shape index (κ2) is 26.4. The molecule has 398 valence electrons. The van der Waals surface area contributed by atoms with E-state index in [1.165, 1.54) is 24.3 Å². The van der Waals surface area contributed by atoms with E-state index < -0.39 is 81.7 Å². The maximum absolute atomic E-state index is 12.9. The second-order valence-corrected chi connectivity index (χ2v) is 22.9. The van der Waals surface area contributed by atoms with Crippen molar-refractivity contribution in [2.45, 2.75) is 47.6 Å². The van der Waals surface area contributed by atoms with Gasteiger partial charge in [0, 0.05) is 71.2 Å². The molecule has 4 aromatic rings. The predicted molar refractivity (Wildman–Crippen MR) is 280 cm³/mol. The zero-order chi connectivity index (χ0) is 53.7. The lowest BCUT2D eigenvalue weighted by atomic mass is 9.85. The molecular formula is C48H56Cl4N10O10S2. The van der Waals surface area contributed by atoms with Crippen LogP contribution >= 0.6 is 46.4 Å². The number of hydrogen-bond acceptors (Lipinski definition) is 12. The van der Waals surface area contributed by atoms with Crippen LogP contribution in [0.25, 0.3) is 0 Å². The maximum atomic E-state index is 12.9. The Morgan fingerprint density at radius 1 is 0.473 bits per heavy atom. The molecule has 2 unspecified atom stereocenters. The molecule has 0 aromatic heterocycles. The summed E-state index contributed by atoms with van der Waals surface area (Å²) in [6.07, 6.45) is 0.916. The molecule has 4 aromatic carbocycles. The van der Waals surface area contributed by atoms with Crippen molar-refractivity contribution in [1.29, 1.82) is 0 Å². The summed E-state index contributed by atoms with van der Waals surface area (Å²) in [5.41, 5.74) is 5.58. The standard InChI is InChI=1S/C48H56Cl4N10O10S2/c1-61-25-37(35-15-31(49)17-41(51)39(35)27-61)29-5-9-33(10-6-29)73(69,70)59-23-47(67)57-21-45(65)55-19-43(63)53-13-3-4-14-54-44(64)20-56-46(66)22-58-48(68)24-60-74(71,72)34-11-7-30(8-12-34)38-26-62(2)28-40-36(38)16-32(50)18-42(40)52/h5-12,15-18,37-38,59-60H,3-4,13-14,19-28H2,1-2H3,(H,53,63)(H,54,64)(H,55,65)(H,56,66)(H,57,67)(H,58,68). The van der Waals surface area contributed by atoms with E-state index in [-0.39, 0.29) is 47.8 Å². The van der Waals surface area contributed by atoms with E-state index in [2.05, 4.69) is 51.1 Å². The Labute approximate surface area is 449 Å². The zero-order valence-corrected chi connectivity index (χ0v) is 44.9. The molecule has 0 fully saturated rings. The van der Waals surface area contributed by atoms with E-state index in [0.29, 0.717) is 59.1 Å². The third-order valence-corrected chi connectivity index (χ3v) is 16.0. The highest BCUT2D eigenvalue weighted by Crippen LogP contribution is 2.40. The lowest BCUT2D eigenvalue weighted by Gasteiger charge is -2.33. The minimum atomic E-state index is -4.08. The lowest BCUT2D eigenvalue weighted by molar-refractivity contribution is -0.127. The Bertz CT molecular complexity index is 2770. The highest BCUT2D eigenvalue weighted by Gasteiger charge is 2.29. The van der Waals surface area contributed by atoms with E-state index in [4.69, 9.17) is 46.4 Å². The molecule has 20 nitrogen and oxygen atoms in total. The Morgan fingerprint density at radius 3 is 1.12 bits per heavy atom. The van der Waals surface area contributed by atoms with Gasteiger partial charge in [0.05, 0.1) is 49.1 Å². The number of benzene rings is 4. The number of rotatable bonds is 23. The van der Waals surface area contributed by atoms with Gasteiger partial charge in [0.2, 0.25) is 55.5 Å². The fourth-order valence-electron chi connectivity index (χ4n) is 8.30. The van der Waals surface area contributed by atoms with Crippen LogP contribution in [0.15, 0.2) is 82.6 Å². The molecule has 2 aliphatic heterocycles. The maximum Gasteiger partial charge on any atom is 0.241 e. The number of carbonyl (C=O) groups excluding carboxylic acids is 6. The van der Waals surface area contributed by atoms with Crippen LogP contribution < -0.4 is 41.3 Å². The normalized spacial score (nSPS) is 15.8. The summed E-state index contributed by atoms with van der Waals surface area (Å²) in [6, 6.07) is 19.7. The molecular weight excluding hydrogens is 1080 g/mol. The van der Waals surface area contributed by atoms with Gasteiger partial charge in [0.25, 0.3) is 0 Å². The van der Waals surface area contributed by atoms with Crippen LogP contribution in [0.2, 0.25) is 20.1 Å². The van der Waals surface area contributed by atoms with Gasteiger partial charge in [0.15, 0.2) is 0 Å². The summed E-state index contributed by atoms with van der Waals surface area (Å²) in [6.45, 7) is 0.0273. The number of halogens is 4. The van der Waals surface area contributed by atoms with E-state index in [9.17, 15) is 45.6 Å². The summed E-state index contributed by atoms with van der Waals surface area (Å²) in [4.78, 5) is 77.7. The van der Waals surface area contributed by atoms with Gasteiger partial charge in [-0.05, 0) is 109 Å². The molecule has 0 aliphatic carbocycles. The summed E-state index contributed by atoms with van der Waals surface area (Å²) in [5.74, 6) is -4.12. The molecule has 74 heavy (non-hydrogen) atoms. The van der Waals surface area contributed by atoms with Gasteiger partial charge in [-0.3, -0.25) is 28.8 Å². The number of nitrogens with zero attached hydrogens (tertiary/aromatic N) is 2. The lowest BCUT2D eigenvalue weighted by Crippen LogP contribution is -2.44. The second-order valence-electron chi connectivity index (χ2n) is 17.7. The van der Waals surface area contributed by atoms with Gasteiger partial charge in [-0.1, -0.05) is 70.7 Å². The smallest absolute Gasteiger partial charge is 0.241 e. The molecule has 6 rings (SSSR count). The SMILES string of the molecule is CN1Cc2c(Cl)cc(Cl)cc2C(c2ccc(S(=O)(=O)NCC(=O)NCC(=O)NCC(=O)NCCCCNC(=O)CNC(=O)CNC(=O)CNS(=O)(=O)c3ccc(C4CN(C)Cc5c(Cl)cc(Cl)cc54)cc3)cc2)C1. The largest absolute Gasteiger partial charge is 0.355 e. The first-order chi connectivity index (χ1) is 35.1. The number of sulfonamides is 2. The first kappa shape index (κ1) is 57.9. The number of amides is 6. The van der Waals surface area contributed by atoms with Crippen molar-refractivity contribution in [3.05, 3.63) is 126 Å². The number of nitrogens with one attached hydrogen (secondary N) is 8. The minimum absolute atomic E-state index is 0.0580. The number of likely N-dealkylation sites (N-methyl/N-ethyl adjacent to an activating group) is 2. The van der Waals surface area contributed by atoms with E-state index in [1.54, 1.807) is 36.4 Å². The molecule has 2 aliphatic rings. The van der Waals surface area contributed by atoms with E-state index >= 15 is 0 Å². The van der Waals surface area contributed by atoms with Gasteiger partial charge < -0.3 is 41.7 Å². The molecule has 0 radical (unpaired) electrons. The topological polar surface area (TPSA) is 273 Å². The monoisotopic (exact) mass is 1140 g/mol. The molecule has 2 heterocycles. The van der Waals surface area contributed by atoms with Crippen LogP contribution in [0.5, 0.6) is 0 Å². The fraction of sp³-hybridized carbons (Fsp3) is 0.375. The van der Waals surface area contributed by atoms with Gasteiger partial charge in [-0.15, -0.1) is 0 Å². The summed E-state index contributed by atoms with van der Waals surface area (Å²) < 4.78 is 56.2. The van der Waals surface area contributed by atoms with Gasteiger partial charge in [-0.2, -0.15) is 0 Å². The Balaban J connectivity index is 0.774. The quantitative estimate of drug-likeness (QED) is 0.0497. The third-order valence-electron chi connectivity index (χ3n) is 12.0.